The molecule has 0 aliphatic carbocycles. The summed E-state index contributed by atoms with van der Waals surface area (Å²) in [4.78, 5) is 16.9. The predicted molar refractivity (Wildman–Crippen MR) is 110 cm³/mol. The maximum atomic E-state index is 12.8. The number of nitrogens with zero attached hydrogens (tertiary/aromatic N) is 3. The van der Waals surface area contributed by atoms with Gasteiger partial charge in [0.15, 0.2) is 0 Å². The molecule has 1 N–H and O–H groups in total. The van der Waals surface area contributed by atoms with Crippen molar-refractivity contribution in [1.29, 1.82) is 0 Å². The van der Waals surface area contributed by atoms with Crippen LogP contribution in [-0.4, -0.2) is 54.3 Å². The monoisotopic (exact) mass is 396 g/mol. The van der Waals surface area contributed by atoms with E-state index in [4.69, 9.17) is 16.3 Å². The number of aromatic nitrogens is 2. The number of carbonyl (C=O) groups excluding carboxylic acids is 1. The molecule has 1 aliphatic rings. The van der Waals surface area contributed by atoms with Crippen LogP contribution in [0.1, 0.15) is 10.5 Å². The SMILES string of the molecule is COc1ccc(-c2cc(C(=O)N3CCN(c4cccc(Cl)c4)CC3)[nH]n2)cc1. The lowest BCUT2D eigenvalue weighted by Crippen LogP contribution is -2.48. The number of halogens is 1. The number of anilines is 1. The number of rotatable bonds is 4. The summed E-state index contributed by atoms with van der Waals surface area (Å²) < 4.78 is 5.17. The standard InChI is InChI=1S/C21H21ClN4O2/c1-28-18-7-5-15(6-8-18)19-14-20(24-23-19)21(27)26-11-9-25(10-12-26)17-4-2-3-16(22)13-17/h2-8,13-14H,9-12H2,1H3,(H,23,24). The van der Waals surface area contributed by atoms with E-state index in [-0.39, 0.29) is 5.91 Å². The van der Waals surface area contributed by atoms with Gasteiger partial charge in [0.25, 0.3) is 5.91 Å². The van der Waals surface area contributed by atoms with Crippen molar-refractivity contribution in [3.63, 3.8) is 0 Å². The molecule has 1 aliphatic heterocycles. The number of aromatic amines is 1. The summed E-state index contributed by atoms with van der Waals surface area (Å²) in [6.07, 6.45) is 0. The van der Waals surface area contributed by atoms with Crippen LogP contribution in [0.5, 0.6) is 5.75 Å². The van der Waals surface area contributed by atoms with Crippen LogP contribution >= 0.6 is 11.6 Å². The molecular formula is C21H21ClN4O2. The molecule has 1 fully saturated rings. The van der Waals surface area contributed by atoms with Gasteiger partial charge in [0, 0.05) is 42.5 Å². The lowest BCUT2D eigenvalue weighted by molar-refractivity contribution is 0.0741. The van der Waals surface area contributed by atoms with Crippen LogP contribution in [0.2, 0.25) is 5.02 Å². The first kappa shape index (κ1) is 18.4. The Hall–Kier alpha value is -2.99. The summed E-state index contributed by atoms with van der Waals surface area (Å²) in [6.45, 7) is 2.85. The summed E-state index contributed by atoms with van der Waals surface area (Å²) in [6, 6.07) is 17.2. The van der Waals surface area contributed by atoms with Crippen molar-refractivity contribution in [3.8, 4) is 17.0 Å². The topological polar surface area (TPSA) is 61.5 Å². The minimum atomic E-state index is -0.0296. The van der Waals surface area contributed by atoms with Gasteiger partial charge >= 0.3 is 0 Å². The average Bonchev–Trinajstić information content (AvgIpc) is 3.24. The molecule has 0 unspecified atom stereocenters. The first-order valence-corrected chi connectivity index (χ1v) is 9.51. The van der Waals surface area contributed by atoms with E-state index in [1.165, 1.54) is 0 Å². The van der Waals surface area contributed by atoms with Crippen LogP contribution in [0.3, 0.4) is 0 Å². The third-order valence-electron chi connectivity index (χ3n) is 4.93. The number of hydrogen-bond donors (Lipinski definition) is 1. The van der Waals surface area contributed by atoms with Gasteiger partial charge in [0.1, 0.15) is 11.4 Å². The number of methoxy groups -OCH3 is 1. The highest BCUT2D eigenvalue weighted by Gasteiger charge is 2.24. The molecule has 0 bridgehead atoms. The van der Waals surface area contributed by atoms with Crippen molar-refractivity contribution >= 4 is 23.2 Å². The number of nitrogens with one attached hydrogen (secondary N) is 1. The normalized spacial score (nSPS) is 14.2. The van der Waals surface area contributed by atoms with Crippen LogP contribution in [0.25, 0.3) is 11.3 Å². The number of benzene rings is 2. The molecule has 0 saturated carbocycles. The molecule has 144 valence electrons. The van der Waals surface area contributed by atoms with Crippen LogP contribution in [0.4, 0.5) is 5.69 Å². The second-order valence-electron chi connectivity index (χ2n) is 6.65. The second-order valence-corrected chi connectivity index (χ2v) is 7.09. The van der Waals surface area contributed by atoms with E-state index in [9.17, 15) is 4.79 Å². The Kier molecular flexibility index (Phi) is 5.21. The van der Waals surface area contributed by atoms with E-state index >= 15 is 0 Å². The van der Waals surface area contributed by atoms with Crippen molar-refractivity contribution in [1.82, 2.24) is 15.1 Å². The minimum Gasteiger partial charge on any atom is -0.497 e. The molecule has 0 atom stereocenters. The zero-order valence-electron chi connectivity index (χ0n) is 15.6. The number of H-pyrrole nitrogens is 1. The first-order chi connectivity index (χ1) is 13.6. The average molecular weight is 397 g/mol. The fourth-order valence-corrected chi connectivity index (χ4v) is 3.54. The van der Waals surface area contributed by atoms with Gasteiger partial charge in [-0.1, -0.05) is 17.7 Å². The van der Waals surface area contributed by atoms with E-state index in [0.717, 1.165) is 40.8 Å². The third-order valence-corrected chi connectivity index (χ3v) is 5.17. The van der Waals surface area contributed by atoms with Gasteiger partial charge in [-0.3, -0.25) is 9.89 Å². The van der Waals surface area contributed by atoms with Gasteiger partial charge in [-0.25, -0.2) is 0 Å². The van der Waals surface area contributed by atoms with Gasteiger partial charge in [0.2, 0.25) is 0 Å². The lowest BCUT2D eigenvalue weighted by atomic mass is 10.1. The van der Waals surface area contributed by atoms with E-state index in [1.54, 1.807) is 13.2 Å². The van der Waals surface area contributed by atoms with Crippen LogP contribution in [0, 0.1) is 0 Å². The molecule has 1 amide bonds. The highest BCUT2D eigenvalue weighted by molar-refractivity contribution is 6.30. The summed E-state index contributed by atoms with van der Waals surface area (Å²) in [7, 11) is 1.63. The molecule has 28 heavy (non-hydrogen) atoms. The maximum absolute atomic E-state index is 12.8. The Morgan fingerprint density at radius 3 is 2.50 bits per heavy atom. The minimum absolute atomic E-state index is 0.0296. The van der Waals surface area contributed by atoms with E-state index < -0.39 is 0 Å². The molecule has 2 aromatic carbocycles. The number of carbonyl (C=O) groups is 1. The Labute approximate surface area is 168 Å². The Balaban J connectivity index is 1.41. The molecule has 0 spiro atoms. The molecule has 2 heterocycles. The van der Waals surface area contributed by atoms with Crippen molar-refractivity contribution < 1.29 is 9.53 Å². The predicted octanol–water partition coefficient (Wildman–Crippen LogP) is 3.70. The van der Waals surface area contributed by atoms with E-state index in [1.807, 2.05) is 53.4 Å². The lowest BCUT2D eigenvalue weighted by Gasteiger charge is -2.36. The fourth-order valence-electron chi connectivity index (χ4n) is 3.35. The van der Waals surface area contributed by atoms with Crippen molar-refractivity contribution in [3.05, 3.63) is 65.3 Å². The van der Waals surface area contributed by atoms with Crippen LogP contribution in [0.15, 0.2) is 54.6 Å². The van der Waals surface area contributed by atoms with Gasteiger partial charge in [-0.2, -0.15) is 5.10 Å². The molecular weight excluding hydrogens is 376 g/mol. The Morgan fingerprint density at radius 2 is 1.82 bits per heavy atom. The maximum Gasteiger partial charge on any atom is 0.272 e. The van der Waals surface area contributed by atoms with E-state index in [2.05, 4.69) is 15.1 Å². The smallest absolute Gasteiger partial charge is 0.272 e. The Bertz CT molecular complexity index is 963. The Morgan fingerprint density at radius 1 is 1.07 bits per heavy atom. The molecule has 7 heteroatoms. The van der Waals surface area contributed by atoms with Crippen LogP contribution < -0.4 is 9.64 Å². The van der Waals surface area contributed by atoms with Gasteiger partial charge < -0.3 is 14.5 Å². The number of hydrogen-bond acceptors (Lipinski definition) is 4. The molecule has 3 aromatic rings. The molecule has 1 aromatic heterocycles. The summed E-state index contributed by atoms with van der Waals surface area (Å²) in [5.74, 6) is 0.756. The van der Waals surface area contributed by atoms with Gasteiger partial charge in [-0.05, 0) is 48.5 Å². The zero-order valence-corrected chi connectivity index (χ0v) is 16.3. The largest absolute Gasteiger partial charge is 0.497 e. The third kappa shape index (κ3) is 3.82. The number of ether oxygens (including phenoxy) is 1. The van der Waals surface area contributed by atoms with Crippen molar-refractivity contribution in [2.24, 2.45) is 0 Å². The second kappa shape index (κ2) is 7.94. The van der Waals surface area contributed by atoms with Gasteiger partial charge in [-0.15, -0.1) is 0 Å². The molecule has 4 rings (SSSR count). The number of amides is 1. The summed E-state index contributed by atoms with van der Waals surface area (Å²) >= 11 is 6.08. The van der Waals surface area contributed by atoms with Crippen molar-refractivity contribution in [2.45, 2.75) is 0 Å². The van der Waals surface area contributed by atoms with E-state index in [0.29, 0.717) is 18.8 Å². The highest BCUT2D eigenvalue weighted by atomic mass is 35.5. The summed E-state index contributed by atoms with van der Waals surface area (Å²) in [5, 5.41) is 7.89. The van der Waals surface area contributed by atoms with Crippen molar-refractivity contribution in [2.75, 3.05) is 38.2 Å². The fraction of sp³-hybridized carbons (Fsp3) is 0.238. The zero-order chi connectivity index (χ0) is 19.5. The first-order valence-electron chi connectivity index (χ1n) is 9.13. The van der Waals surface area contributed by atoms with Gasteiger partial charge in [0.05, 0.1) is 12.8 Å². The highest BCUT2D eigenvalue weighted by Crippen LogP contribution is 2.23. The molecule has 6 nitrogen and oxygen atoms in total. The summed E-state index contributed by atoms with van der Waals surface area (Å²) in [5.41, 5.74) is 3.26. The quantitative estimate of drug-likeness (QED) is 0.730. The molecule has 0 radical (unpaired) electrons. The molecule has 1 saturated heterocycles. The number of piperazine rings is 1. The van der Waals surface area contributed by atoms with Crippen LogP contribution in [-0.2, 0) is 0 Å².